The van der Waals surface area contributed by atoms with Crippen molar-refractivity contribution in [2.75, 3.05) is 13.2 Å². The first-order valence-electron chi connectivity index (χ1n) is 7.12. The molecule has 112 valence electrons. The maximum absolute atomic E-state index is 11.9. The topological polar surface area (TPSA) is 75.4 Å². The summed E-state index contributed by atoms with van der Waals surface area (Å²) in [4.78, 5) is 11.9. The Bertz CT molecular complexity index is 566. The number of benzene rings is 1. The van der Waals surface area contributed by atoms with Crippen molar-refractivity contribution in [2.45, 2.75) is 19.8 Å². The van der Waals surface area contributed by atoms with Crippen molar-refractivity contribution in [3.8, 4) is 11.3 Å². The standard InChI is InChI=1S/C16H20N2O3/c1-12(11-19)6-5-9-17-16(20)14-10-15(21-18-14)13-7-3-2-4-8-13/h2-4,7-8,10,12,19H,5-6,9,11H2,1H3,(H,17,20). The monoisotopic (exact) mass is 288 g/mol. The zero-order valence-corrected chi connectivity index (χ0v) is 12.1. The smallest absolute Gasteiger partial charge is 0.273 e. The van der Waals surface area contributed by atoms with Crippen LogP contribution in [0.25, 0.3) is 11.3 Å². The molecular formula is C16H20N2O3. The van der Waals surface area contributed by atoms with Gasteiger partial charge in [-0.1, -0.05) is 42.4 Å². The Kier molecular flexibility index (Phi) is 5.51. The first-order chi connectivity index (χ1) is 10.2. The average molecular weight is 288 g/mol. The molecule has 0 aliphatic heterocycles. The predicted octanol–water partition coefficient (Wildman–Crippen LogP) is 2.48. The van der Waals surface area contributed by atoms with Crippen molar-refractivity contribution >= 4 is 5.91 Å². The lowest BCUT2D eigenvalue weighted by atomic mass is 10.1. The van der Waals surface area contributed by atoms with Gasteiger partial charge in [-0.15, -0.1) is 0 Å². The van der Waals surface area contributed by atoms with Crippen LogP contribution in [-0.4, -0.2) is 29.3 Å². The van der Waals surface area contributed by atoms with Crippen LogP contribution in [-0.2, 0) is 0 Å². The van der Waals surface area contributed by atoms with Crippen molar-refractivity contribution in [3.05, 3.63) is 42.1 Å². The highest BCUT2D eigenvalue weighted by molar-refractivity contribution is 5.93. The number of hydrogen-bond donors (Lipinski definition) is 2. The maximum Gasteiger partial charge on any atom is 0.273 e. The molecule has 0 bridgehead atoms. The van der Waals surface area contributed by atoms with Crippen LogP contribution in [0.2, 0.25) is 0 Å². The van der Waals surface area contributed by atoms with E-state index in [1.165, 1.54) is 0 Å². The summed E-state index contributed by atoms with van der Waals surface area (Å²) in [5.41, 5.74) is 1.17. The van der Waals surface area contributed by atoms with Crippen LogP contribution in [0.4, 0.5) is 0 Å². The highest BCUT2D eigenvalue weighted by Gasteiger charge is 2.13. The van der Waals surface area contributed by atoms with E-state index in [1.807, 2.05) is 37.3 Å². The molecule has 0 saturated carbocycles. The number of aliphatic hydroxyl groups is 1. The van der Waals surface area contributed by atoms with Gasteiger partial charge in [-0.3, -0.25) is 4.79 Å². The fraction of sp³-hybridized carbons (Fsp3) is 0.375. The Morgan fingerprint density at radius 3 is 2.86 bits per heavy atom. The van der Waals surface area contributed by atoms with Crippen LogP contribution in [0.3, 0.4) is 0 Å². The summed E-state index contributed by atoms with van der Waals surface area (Å²) in [7, 11) is 0. The molecule has 0 saturated heterocycles. The van der Waals surface area contributed by atoms with Crippen molar-refractivity contribution in [3.63, 3.8) is 0 Å². The Morgan fingerprint density at radius 1 is 1.38 bits per heavy atom. The number of aromatic nitrogens is 1. The first-order valence-corrected chi connectivity index (χ1v) is 7.12. The minimum atomic E-state index is -0.238. The van der Waals surface area contributed by atoms with E-state index >= 15 is 0 Å². The number of aliphatic hydroxyl groups excluding tert-OH is 1. The maximum atomic E-state index is 11.9. The van der Waals surface area contributed by atoms with Crippen LogP contribution in [0.15, 0.2) is 40.9 Å². The summed E-state index contributed by atoms with van der Waals surface area (Å²) in [5.74, 6) is 0.603. The lowest BCUT2D eigenvalue weighted by Crippen LogP contribution is -2.25. The van der Waals surface area contributed by atoms with Crippen LogP contribution < -0.4 is 5.32 Å². The van der Waals surface area contributed by atoms with Crippen LogP contribution in [0, 0.1) is 5.92 Å². The Balaban J connectivity index is 1.85. The van der Waals surface area contributed by atoms with Gasteiger partial charge in [0.1, 0.15) is 0 Å². The minimum Gasteiger partial charge on any atom is -0.396 e. The summed E-state index contributed by atoms with van der Waals surface area (Å²) in [6.07, 6.45) is 1.71. The van der Waals surface area contributed by atoms with Gasteiger partial charge in [0.05, 0.1) is 0 Å². The third kappa shape index (κ3) is 4.43. The molecular weight excluding hydrogens is 268 g/mol. The zero-order chi connectivity index (χ0) is 15.1. The van der Waals surface area contributed by atoms with E-state index in [0.29, 0.717) is 12.3 Å². The molecule has 0 radical (unpaired) electrons. The van der Waals surface area contributed by atoms with E-state index < -0.39 is 0 Å². The molecule has 2 rings (SSSR count). The number of carbonyl (C=O) groups excluding carboxylic acids is 1. The summed E-state index contributed by atoms with van der Waals surface area (Å²) >= 11 is 0. The highest BCUT2D eigenvalue weighted by Crippen LogP contribution is 2.19. The van der Waals surface area contributed by atoms with Gasteiger partial charge in [-0.25, -0.2) is 0 Å². The lowest BCUT2D eigenvalue weighted by Gasteiger charge is -2.07. The van der Waals surface area contributed by atoms with Gasteiger partial charge >= 0.3 is 0 Å². The van der Waals surface area contributed by atoms with Crippen LogP contribution in [0.1, 0.15) is 30.3 Å². The second-order valence-electron chi connectivity index (χ2n) is 5.13. The van der Waals surface area contributed by atoms with Crippen molar-refractivity contribution in [2.24, 2.45) is 5.92 Å². The molecule has 1 unspecified atom stereocenters. The van der Waals surface area contributed by atoms with Gasteiger partial charge in [0.25, 0.3) is 5.91 Å². The number of hydrogen-bond acceptors (Lipinski definition) is 4. The Hall–Kier alpha value is -2.14. The number of nitrogens with one attached hydrogen (secondary N) is 1. The van der Waals surface area contributed by atoms with E-state index in [2.05, 4.69) is 10.5 Å². The second kappa shape index (κ2) is 7.59. The van der Waals surface area contributed by atoms with E-state index in [4.69, 9.17) is 9.63 Å². The Labute approximate surface area is 124 Å². The molecule has 0 aliphatic carbocycles. The van der Waals surface area contributed by atoms with Gasteiger partial charge in [0.15, 0.2) is 11.5 Å². The fourth-order valence-electron chi connectivity index (χ4n) is 1.95. The summed E-state index contributed by atoms with van der Waals surface area (Å²) in [6, 6.07) is 11.2. The van der Waals surface area contributed by atoms with Gasteiger partial charge in [0, 0.05) is 24.8 Å². The molecule has 0 spiro atoms. The van der Waals surface area contributed by atoms with Crippen molar-refractivity contribution in [1.29, 1.82) is 0 Å². The van der Waals surface area contributed by atoms with Crippen LogP contribution in [0.5, 0.6) is 0 Å². The molecule has 1 atom stereocenters. The molecule has 0 aliphatic rings. The summed E-state index contributed by atoms with van der Waals surface area (Å²) < 4.78 is 5.19. The van der Waals surface area contributed by atoms with Gasteiger partial charge in [-0.2, -0.15) is 0 Å². The predicted molar refractivity (Wildman–Crippen MR) is 79.8 cm³/mol. The number of rotatable bonds is 7. The van der Waals surface area contributed by atoms with E-state index in [0.717, 1.165) is 18.4 Å². The van der Waals surface area contributed by atoms with Gasteiger partial charge in [-0.05, 0) is 18.8 Å². The van der Waals surface area contributed by atoms with E-state index in [9.17, 15) is 4.79 Å². The lowest BCUT2D eigenvalue weighted by molar-refractivity contribution is 0.0943. The number of amides is 1. The molecule has 2 aromatic rings. The number of nitrogens with zero attached hydrogens (tertiary/aromatic N) is 1. The normalized spacial score (nSPS) is 12.1. The van der Waals surface area contributed by atoms with E-state index in [1.54, 1.807) is 6.07 Å². The largest absolute Gasteiger partial charge is 0.396 e. The number of carbonyl (C=O) groups is 1. The molecule has 1 amide bonds. The van der Waals surface area contributed by atoms with Gasteiger partial charge < -0.3 is 14.9 Å². The molecule has 21 heavy (non-hydrogen) atoms. The molecule has 1 heterocycles. The summed E-state index contributed by atoms with van der Waals surface area (Å²) in [6.45, 7) is 2.72. The highest BCUT2D eigenvalue weighted by atomic mass is 16.5. The average Bonchev–Trinajstić information content (AvgIpc) is 3.02. The van der Waals surface area contributed by atoms with E-state index in [-0.39, 0.29) is 24.1 Å². The second-order valence-corrected chi connectivity index (χ2v) is 5.13. The van der Waals surface area contributed by atoms with Crippen molar-refractivity contribution in [1.82, 2.24) is 10.5 Å². The molecule has 5 heteroatoms. The van der Waals surface area contributed by atoms with Gasteiger partial charge in [0.2, 0.25) is 0 Å². The first kappa shape index (κ1) is 15.3. The SMILES string of the molecule is CC(CO)CCCNC(=O)c1cc(-c2ccccc2)on1. The molecule has 5 nitrogen and oxygen atoms in total. The summed E-state index contributed by atoms with van der Waals surface area (Å²) in [5, 5.41) is 15.5. The molecule has 0 fully saturated rings. The minimum absolute atomic E-state index is 0.178. The molecule has 2 N–H and O–H groups in total. The molecule has 1 aromatic heterocycles. The zero-order valence-electron chi connectivity index (χ0n) is 12.1. The fourth-order valence-corrected chi connectivity index (χ4v) is 1.95. The third-order valence-electron chi connectivity index (χ3n) is 3.27. The Morgan fingerprint density at radius 2 is 2.14 bits per heavy atom. The third-order valence-corrected chi connectivity index (χ3v) is 3.27. The van der Waals surface area contributed by atoms with Crippen LogP contribution >= 0.6 is 0 Å². The van der Waals surface area contributed by atoms with Crippen molar-refractivity contribution < 1.29 is 14.4 Å². The molecule has 1 aromatic carbocycles. The quantitative estimate of drug-likeness (QED) is 0.767.